The number of sulfonamides is 1. The minimum Gasteiger partial charge on any atom is -0.245 e. The lowest BCUT2D eigenvalue weighted by atomic mass is 10.0. The first-order valence-corrected chi connectivity index (χ1v) is 10.7. The highest BCUT2D eigenvalue weighted by molar-refractivity contribution is 9.10. The van der Waals surface area contributed by atoms with Crippen molar-refractivity contribution in [2.75, 3.05) is 0 Å². The molecular formula is C16H19BrN2O2S2. The van der Waals surface area contributed by atoms with Crippen molar-refractivity contribution in [1.82, 2.24) is 9.71 Å². The molecule has 3 rings (SSSR count). The van der Waals surface area contributed by atoms with Gasteiger partial charge in [-0.1, -0.05) is 34.8 Å². The Morgan fingerprint density at radius 2 is 1.96 bits per heavy atom. The smallest absolute Gasteiger partial charge is 0.241 e. The lowest BCUT2D eigenvalue weighted by Gasteiger charge is -2.28. The normalized spacial score (nSPS) is 17.5. The molecule has 0 unspecified atom stereocenters. The molecule has 1 heterocycles. The van der Waals surface area contributed by atoms with Gasteiger partial charge in [-0.15, -0.1) is 11.3 Å². The van der Waals surface area contributed by atoms with E-state index in [2.05, 4.69) is 25.6 Å². The molecule has 0 bridgehead atoms. The predicted octanol–water partition coefficient (Wildman–Crippen LogP) is 4.27. The molecule has 0 atom stereocenters. The van der Waals surface area contributed by atoms with Gasteiger partial charge in [0.15, 0.2) is 0 Å². The van der Waals surface area contributed by atoms with Crippen LogP contribution in [0, 0.1) is 13.8 Å². The maximum atomic E-state index is 13.0. The van der Waals surface area contributed by atoms with Crippen molar-refractivity contribution in [1.29, 1.82) is 0 Å². The van der Waals surface area contributed by atoms with E-state index in [1.807, 2.05) is 31.4 Å². The first kappa shape index (κ1) is 17.1. The highest BCUT2D eigenvalue weighted by Crippen LogP contribution is 2.41. The number of nitrogens with zero attached hydrogens (tertiary/aromatic N) is 1. The third-order valence-electron chi connectivity index (χ3n) is 4.25. The van der Waals surface area contributed by atoms with Crippen LogP contribution in [0.1, 0.15) is 41.9 Å². The number of rotatable bonds is 4. The minimum absolute atomic E-state index is 0.325. The Balaban J connectivity index is 2.01. The summed E-state index contributed by atoms with van der Waals surface area (Å²) in [5.41, 5.74) is 1.12. The second-order valence-electron chi connectivity index (χ2n) is 6.10. The Labute approximate surface area is 149 Å². The summed E-state index contributed by atoms with van der Waals surface area (Å²) in [5, 5.41) is 2.86. The molecule has 1 aromatic carbocycles. The lowest BCUT2D eigenvalue weighted by molar-refractivity contribution is 0.402. The third-order valence-corrected chi connectivity index (χ3v) is 7.59. The highest BCUT2D eigenvalue weighted by Gasteiger charge is 2.42. The fourth-order valence-corrected chi connectivity index (χ4v) is 6.38. The number of benzene rings is 1. The van der Waals surface area contributed by atoms with Crippen LogP contribution in [0.4, 0.5) is 0 Å². The molecule has 1 aliphatic carbocycles. The van der Waals surface area contributed by atoms with Gasteiger partial charge in [0.05, 0.1) is 10.4 Å². The van der Waals surface area contributed by atoms with Gasteiger partial charge in [-0.05, 0) is 44.4 Å². The van der Waals surface area contributed by atoms with Gasteiger partial charge in [-0.25, -0.2) is 13.4 Å². The Bertz CT molecular complexity index is 824. The van der Waals surface area contributed by atoms with Gasteiger partial charge in [0.1, 0.15) is 5.01 Å². The number of halogens is 1. The zero-order valence-electron chi connectivity index (χ0n) is 13.1. The standard InChI is InChI=1S/C16H19BrN2O2S2/c1-11-5-6-13(17)9-14(11)23(20,21)19-16(7-3-4-8-16)15-18-12(2)10-22-15/h5-6,9-10,19H,3-4,7-8H2,1-2H3. The fraction of sp³-hybridized carbons (Fsp3) is 0.438. The van der Waals surface area contributed by atoms with Crippen molar-refractivity contribution < 1.29 is 8.42 Å². The first-order valence-electron chi connectivity index (χ1n) is 7.55. The number of nitrogens with one attached hydrogen (secondary N) is 1. The van der Waals surface area contributed by atoms with Crippen LogP contribution < -0.4 is 4.72 Å². The Kier molecular flexibility index (Phi) is 4.66. The number of hydrogen-bond acceptors (Lipinski definition) is 4. The van der Waals surface area contributed by atoms with Crippen LogP contribution in [0.5, 0.6) is 0 Å². The van der Waals surface area contributed by atoms with Gasteiger partial charge in [-0.2, -0.15) is 4.72 Å². The van der Waals surface area contributed by atoms with Crippen LogP contribution in [0.25, 0.3) is 0 Å². The monoisotopic (exact) mass is 414 g/mol. The Morgan fingerprint density at radius 1 is 1.26 bits per heavy atom. The molecule has 23 heavy (non-hydrogen) atoms. The molecule has 7 heteroatoms. The van der Waals surface area contributed by atoms with E-state index in [0.29, 0.717) is 4.90 Å². The summed E-state index contributed by atoms with van der Waals surface area (Å²) in [4.78, 5) is 4.89. The van der Waals surface area contributed by atoms with Crippen LogP contribution in [-0.2, 0) is 15.6 Å². The van der Waals surface area contributed by atoms with Gasteiger partial charge in [0.25, 0.3) is 0 Å². The van der Waals surface area contributed by atoms with E-state index in [9.17, 15) is 8.42 Å². The Hall–Kier alpha value is -0.760. The summed E-state index contributed by atoms with van der Waals surface area (Å²) in [6, 6.07) is 5.32. The van der Waals surface area contributed by atoms with Crippen molar-refractivity contribution in [3.8, 4) is 0 Å². The van der Waals surface area contributed by atoms with E-state index < -0.39 is 15.6 Å². The molecule has 4 nitrogen and oxygen atoms in total. The van der Waals surface area contributed by atoms with Crippen LogP contribution in [0.3, 0.4) is 0 Å². The van der Waals surface area contributed by atoms with Gasteiger partial charge < -0.3 is 0 Å². The molecule has 1 N–H and O–H groups in total. The van der Waals surface area contributed by atoms with Crippen molar-refractivity contribution in [3.63, 3.8) is 0 Å². The number of aryl methyl sites for hydroxylation is 2. The Morgan fingerprint density at radius 3 is 2.57 bits per heavy atom. The van der Waals surface area contributed by atoms with E-state index in [0.717, 1.165) is 46.4 Å². The molecule has 1 fully saturated rings. The quantitative estimate of drug-likeness (QED) is 0.812. The summed E-state index contributed by atoms with van der Waals surface area (Å²) < 4.78 is 29.7. The third kappa shape index (κ3) is 3.38. The second kappa shape index (κ2) is 6.27. The van der Waals surface area contributed by atoms with Crippen molar-refractivity contribution in [3.05, 3.63) is 44.3 Å². The van der Waals surface area contributed by atoms with Crippen LogP contribution in [-0.4, -0.2) is 13.4 Å². The minimum atomic E-state index is -3.61. The summed E-state index contributed by atoms with van der Waals surface area (Å²) in [5.74, 6) is 0. The largest absolute Gasteiger partial charge is 0.245 e. The maximum Gasteiger partial charge on any atom is 0.241 e. The summed E-state index contributed by atoms with van der Waals surface area (Å²) in [7, 11) is -3.61. The highest BCUT2D eigenvalue weighted by atomic mass is 79.9. The summed E-state index contributed by atoms with van der Waals surface area (Å²) in [6.45, 7) is 3.76. The molecule has 1 saturated carbocycles. The maximum absolute atomic E-state index is 13.0. The molecule has 0 spiro atoms. The van der Waals surface area contributed by atoms with Gasteiger partial charge in [0.2, 0.25) is 10.0 Å². The van der Waals surface area contributed by atoms with Crippen LogP contribution in [0.2, 0.25) is 0 Å². The summed E-state index contributed by atoms with van der Waals surface area (Å²) >= 11 is 4.90. The lowest BCUT2D eigenvalue weighted by Crippen LogP contribution is -2.43. The molecule has 0 aliphatic heterocycles. The molecule has 0 amide bonds. The summed E-state index contributed by atoms with van der Waals surface area (Å²) in [6.07, 6.45) is 3.62. The molecule has 1 aromatic heterocycles. The number of thiazole rings is 1. The van der Waals surface area contributed by atoms with E-state index in [4.69, 9.17) is 0 Å². The zero-order chi connectivity index (χ0) is 16.7. The van der Waals surface area contributed by atoms with Crippen molar-refractivity contribution >= 4 is 37.3 Å². The average molecular weight is 415 g/mol. The molecule has 2 aromatic rings. The molecular weight excluding hydrogens is 396 g/mol. The predicted molar refractivity (Wildman–Crippen MR) is 96.2 cm³/mol. The average Bonchev–Trinajstić information content (AvgIpc) is 3.11. The van der Waals surface area contributed by atoms with Gasteiger partial charge >= 0.3 is 0 Å². The zero-order valence-corrected chi connectivity index (χ0v) is 16.3. The molecule has 124 valence electrons. The van der Waals surface area contributed by atoms with Crippen molar-refractivity contribution in [2.45, 2.75) is 50.0 Å². The fourth-order valence-electron chi connectivity index (χ4n) is 3.09. The van der Waals surface area contributed by atoms with E-state index in [1.165, 1.54) is 0 Å². The van der Waals surface area contributed by atoms with Crippen LogP contribution in [0.15, 0.2) is 32.9 Å². The SMILES string of the molecule is Cc1csc(C2(NS(=O)(=O)c3cc(Br)ccc3C)CCCC2)n1. The van der Waals surface area contributed by atoms with E-state index >= 15 is 0 Å². The van der Waals surface area contributed by atoms with Gasteiger partial charge in [0, 0.05) is 15.5 Å². The van der Waals surface area contributed by atoms with Gasteiger partial charge in [-0.3, -0.25) is 0 Å². The van der Waals surface area contributed by atoms with Crippen LogP contribution >= 0.6 is 27.3 Å². The second-order valence-corrected chi connectivity index (χ2v) is 9.52. The van der Waals surface area contributed by atoms with E-state index in [1.54, 1.807) is 17.4 Å². The molecule has 0 radical (unpaired) electrons. The number of hydrogen-bond donors (Lipinski definition) is 1. The first-order chi connectivity index (χ1) is 10.8. The van der Waals surface area contributed by atoms with Crippen molar-refractivity contribution in [2.24, 2.45) is 0 Å². The topological polar surface area (TPSA) is 59.1 Å². The number of aromatic nitrogens is 1. The van der Waals surface area contributed by atoms with E-state index in [-0.39, 0.29) is 0 Å². The molecule has 0 saturated heterocycles. The molecule has 1 aliphatic rings.